The standard InChI is InChI=1S/C13H18N2O2S/c1-10-4-3-7-15(9-10)18(16,17)13-6-5-12(14)8-11(13)2/h4-6,8H,3,7,9,14H2,1-2H3. The second-order valence-corrected chi connectivity index (χ2v) is 6.61. The van der Waals surface area contributed by atoms with E-state index in [1.165, 1.54) is 4.31 Å². The van der Waals surface area contributed by atoms with Gasteiger partial charge in [0.2, 0.25) is 10.0 Å². The third-order valence-corrected chi connectivity index (χ3v) is 5.12. The molecule has 0 fully saturated rings. The maximum Gasteiger partial charge on any atom is 0.243 e. The van der Waals surface area contributed by atoms with Crippen molar-refractivity contribution in [1.82, 2.24) is 4.31 Å². The Morgan fingerprint density at radius 2 is 2.00 bits per heavy atom. The number of nitrogens with two attached hydrogens (primary N) is 1. The Morgan fingerprint density at radius 3 is 2.61 bits per heavy atom. The molecule has 4 nitrogen and oxygen atoms in total. The van der Waals surface area contributed by atoms with Crippen LogP contribution in [0.2, 0.25) is 0 Å². The second kappa shape index (κ2) is 4.74. The molecule has 0 unspecified atom stereocenters. The van der Waals surface area contributed by atoms with Crippen molar-refractivity contribution >= 4 is 15.7 Å². The molecule has 0 spiro atoms. The lowest BCUT2D eigenvalue weighted by molar-refractivity contribution is 0.427. The molecule has 0 radical (unpaired) electrons. The van der Waals surface area contributed by atoms with Gasteiger partial charge in [0, 0.05) is 18.8 Å². The highest BCUT2D eigenvalue weighted by molar-refractivity contribution is 7.89. The smallest absolute Gasteiger partial charge is 0.243 e. The number of rotatable bonds is 2. The first-order valence-electron chi connectivity index (χ1n) is 5.93. The van der Waals surface area contributed by atoms with E-state index in [1.807, 2.05) is 6.92 Å². The third-order valence-electron chi connectivity index (χ3n) is 3.11. The molecule has 2 N–H and O–H groups in total. The fourth-order valence-corrected chi connectivity index (χ4v) is 3.89. The number of nitrogens with zero attached hydrogens (tertiary/aromatic N) is 1. The van der Waals surface area contributed by atoms with Gasteiger partial charge in [0.15, 0.2) is 0 Å². The van der Waals surface area contributed by atoms with Gasteiger partial charge in [-0.1, -0.05) is 11.6 Å². The summed E-state index contributed by atoms with van der Waals surface area (Å²) in [6.45, 7) is 4.75. The summed E-state index contributed by atoms with van der Waals surface area (Å²) in [6.07, 6.45) is 2.86. The summed E-state index contributed by atoms with van der Waals surface area (Å²) in [4.78, 5) is 0.353. The fraction of sp³-hybridized carbons (Fsp3) is 0.385. The zero-order valence-electron chi connectivity index (χ0n) is 10.7. The van der Waals surface area contributed by atoms with Crippen LogP contribution in [0.5, 0.6) is 0 Å². The Balaban J connectivity index is 2.39. The molecule has 0 saturated heterocycles. The average Bonchev–Trinajstić information content (AvgIpc) is 2.28. The Bertz CT molecular complexity index is 591. The van der Waals surface area contributed by atoms with Gasteiger partial charge < -0.3 is 5.73 Å². The first kappa shape index (κ1) is 13.1. The molecule has 98 valence electrons. The number of hydrogen-bond donors (Lipinski definition) is 1. The molecule has 2 rings (SSSR count). The summed E-state index contributed by atoms with van der Waals surface area (Å²) in [5.41, 5.74) is 8.03. The molecule has 0 amide bonds. The van der Waals surface area contributed by atoms with Crippen LogP contribution < -0.4 is 5.73 Å². The Labute approximate surface area is 108 Å². The average molecular weight is 266 g/mol. The van der Waals surface area contributed by atoms with Crippen LogP contribution in [0.4, 0.5) is 5.69 Å². The van der Waals surface area contributed by atoms with Crippen molar-refractivity contribution in [2.45, 2.75) is 25.2 Å². The Morgan fingerprint density at radius 1 is 1.28 bits per heavy atom. The lowest BCUT2D eigenvalue weighted by atomic mass is 10.2. The van der Waals surface area contributed by atoms with Gasteiger partial charge in [-0.2, -0.15) is 4.31 Å². The van der Waals surface area contributed by atoms with E-state index >= 15 is 0 Å². The quantitative estimate of drug-likeness (QED) is 0.657. The van der Waals surface area contributed by atoms with Crippen molar-refractivity contribution in [1.29, 1.82) is 0 Å². The van der Waals surface area contributed by atoms with E-state index in [2.05, 4.69) is 6.08 Å². The number of hydrogen-bond acceptors (Lipinski definition) is 3. The van der Waals surface area contributed by atoms with Gasteiger partial charge in [-0.15, -0.1) is 0 Å². The molecule has 5 heteroatoms. The summed E-state index contributed by atoms with van der Waals surface area (Å²) in [5.74, 6) is 0. The van der Waals surface area contributed by atoms with Crippen molar-refractivity contribution in [2.75, 3.05) is 18.8 Å². The van der Waals surface area contributed by atoms with Gasteiger partial charge in [-0.3, -0.25) is 0 Å². The summed E-state index contributed by atoms with van der Waals surface area (Å²) >= 11 is 0. The highest BCUT2D eigenvalue weighted by atomic mass is 32.2. The predicted molar refractivity (Wildman–Crippen MR) is 72.7 cm³/mol. The summed E-state index contributed by atoms with van der Waals surface area (Å²) in [5, 5.41) is 0. The number of aryl methyl sites for hydroxylation is 1. The van der Waals surface area contributed by atoms with E-state index in [9.17, 15) is 8.42 Å². The number of sulfonamides is 1. The lowest BCUT2D eigenvalue weighted by Gasteiger charge is -2.26. The van der Waals surface area contributed by atoms with Crippen LogP contribution in [-0.2, 0) is 10.0 Å². The summed E-state index contributed by atoms with van der Waals surface area (Å²) in [6, 6.07) is 4.92. The zero-order valence-corrected chi connectivity index (χ0v) is 11.5. The first-order valence-corrected chi connectivity index (χ1v) is 7.37. The molecule has 0 aromatic heterocycles. The van der Waals surface area contributed by atoms with Crippen molar-refractivity contribution in [3.63, 3.8) is 0 Å². The van der Waals surface area contributed by atoms with Gasteiger partial charge in [-0.25, -0.2) is 8.42 Å². The number of anilines is 1. The normalized spacial score (nSPS) is 17.6. The SMILES string of the molecule is CC1=CCCN(S(=O)(=O)c2ccc(N)cc2C)C1. The van der Waals surface area contributed by atoms with Gasteiger partial charge in [0.1, 0.15) is 0 Å². The maximum atomic E-state index is 12.5. The van der Waals surface area contributed by atoms with Crippen LogP contribution in [0.15, 0.2) is 34.7 Å². The van der Waals surface area contributed by atoms with Crippen LogP contribution >= 0.6 is 0 Å². The minimum atomic E-state index is -3.41. The van der Waals surface area contributed by atoms with Gasteiger partial charge in [-0.05, 0) is 44.0 Å². The largest absolute Gasteiger partial charge is 0.399 e. The molecular formula is C13H18N2O2S. The molecule has 0 atom stereocenters. The van der Waals surface area contributed by atoms with Crippen LogP contribution in [0.3, 0.4) is 0 Å². The van der Waals surface area contributed by atoms with E-state index in [1.54, 1.807) is 25.1 Å². The molecular weight excluding hydrogens is 248 g/mol. The molecule has 1 aliphatic heterocycles. The first-order chi connectivity index (χ1) is 8.41. The summed E-state index contributed by atoms with van der Waals surface area (Å²) in [7, 11) is -3.41. The lowest BCUT2D eigenvalue weighted by Crippen LogP contribution is -2.35. The monoisotopic (exact) mass is 266 g/mol. The minimum absolute atomic E-state index is 0.353. The molecule has 0 bridgehead atoms. The van der Waals surface area contributed by atoms with E-state index in [-0.39, 0.29) is 0 Å². The second-order valence-electron chi connectivity index (χ2n) is 4.70. The minimum Gasteiger partial charge on any atom is -0.399 e. The molecule has 0 saturated carbocycles. The number of nitrogen functional groups attached to an aromatic ring is 1. The predicted octanol–water partition coefficient (Wildman–Crippen LogP) is 1.92. The zero-order chi connectivity index (χ0) is 13.3. The van der Waals surface area contributed by atoms with Crippen LogP contribution in [0.1, 0.15) is 18.9 Å². The highest BCUT2D eigenvalue weighted by Crippen LogP contribution is 2.24. The van der Waals surface area contributed by atoms with Crippen molar-refractivity contribution in [2.24, 2.45) is 0 Å². The molecule has 1 aromatic rings. The van der Waals surface area contributed by atoms with Crippen LogP contribution in [0, 0.1) is 6.92 Å². The molecule has 1 heterocycles. The van der Waals surface area contributed by atoms with Crippen molar-refractivity contribution in [3.8, 4) is 0 Å². The molecule has 1 aliphatic rings. The van der Waals surface area contributed by atoms with E-state index < -0.39 is 10.0 Å². The summed E-state index contributed by atoms with van der Waals surface area (Å²) < 4.78 is 26.6. The molecule has 1 aromatic carbocycles. The van der Waals surface area contributed by atoms with Crippen LogP contribution in [-0.4, -0.2) is 25.8 Å². The van der Waals surface area contributed by atoms with Crippen molar-refractivity contribution in [3.05, 3.63) is 35.4 Å². The topological polar surface area (TPSA) is 63.4 Å². The van der Waals surface area contributed by atoms with Gasteiger partial charge >= 0.3 is 0 Å². The molecule has 0 aliphatic carbocycles. The molecule has 18 heavy (non-hydrogen) atoms. The Kier molecular flexibility index (Phi) is 3.45. The fourth-order valence-electron chi connectivity index (χ4n) is 2.18. The van der Waals surface area contributed by atoms with E-state index in [0.717, 1.165) is 12.0 Å². The van der Waals surface area contributed by atoms with Crippen LogP contribution in [0.25, 0.3) is 0 Å². The number of benzene rings is 1. The maximum absolute atomic E-state index is 12.5. The van der Waals surface area contributed by atoms with Gasteiger partial charge in [0.05, 0.1) is 4.90 Å². The third kappa shape index (κ3) is 2.42. The van der Waals surface area contributed by atoms with Crippen molar-refractivity contribution < 1.29 is 8.42 Å². The van der Waals surface area contributed by atoms with E-state index in [4.69, 9.17) is 5.73 Å². The van der Waals surface area contributed by atoms with Gasteiger partial charge in [0.25, 0.3) is 0 Å². The van der Waals surface area contributed by atoms with E-state index in [0.29, 0.717) is 29.2 Å². The Hall–Kier alpha value is -1.33. The highest BCUT2D eigenvalue weighted by Gasteiger charge is 2.27.